The van der Waals surface area contributed by atoms with Crippen LogP contribution in [-0.4, -0.2) is 27.9 Å². The quantitative estimate of drug-likeness (QED) is 0.411. The normalized spacial score (nSPS) is 11.9. The Balaban J connectivity index is 1.68. The average Bonchev–Trinajstić information content (AvgIpc) is 2.93. The fourth-order valence-corrected chi connectivity index (χ4v) is 2.53. The predicted molar refractivity (Wildman–Crippen MR) is 98.3 cm³/mol. The van der Waals surface area contributed by atoms with Crippen molar-refractivity contribution in [2.24, 2.45) is 0 Å². The van der Waals surface area contributed by atoms with Crippen LogP contribution in [0.15, 0.2) is 41.2 Å². The number of carbonyl (C=O) groups excluding carboxylic acids is 2. The number of aromatic amines is 2. The zero-order valence-electron chi connectivity index (χ0n) is 13.6. The second-order valence-electron chi connectivity index (χ2n) is 5.61. The summed E-state index contributed by atoms with van der Waals surface area (Å²) in [5.41, 5.74) is 7.30. The molecule has 0 fully saturated rings. The molecule has 0 radical (unpaired) electrons. The number of nitrogen functional groups attached to an aromatic ring is 1. The first kappa shape index (κ1) is 17.6. The van der Waals surface area contributed by atoms with E-state index >= 15 is 0 Å². The predicted octanol–water partition coefficient (Wildman–Crippen LogP) is 2.28. The molecule has 9 heteroatoms. The van der Waals surface area contributed by atoms with E-state index in [1.807, 2.05) is 0 Å². The van der Waals surface area contributed by atoms with Crippen LogP contribution in [0.2, 0.25) is 5.02 Å². The van der Waals surface area contributed by atoms with Crippen molar-refractivity contribution in [1.82, 2.24) is 9.97 Å². The lowest BCUT2D eigenvalue weighted by Crippen LogP contribution is -2.30. The summed E-state index contributed by atoms with van der Waals surface area (Å²) in [5.74, 6) is -1.25. The number of aromatic nitrogens is 2. The number of esters is 1. The summed E-state index contributed by atoms with van der Waals surface area (Å²) in [7, 11) is 0. The molecule has 134 valence electrons. The van der Waals surface area contributed by atoms with Gasteiger partial charge in [0.05, 0.1) is 16.6 Å². The van der Waals surface area contributed by atoms with Gasteiger partial charge in [-0.15, -0.1) is 0 Å². The van der Waals surface area contributed by atoms with Crippen molar-refractivity contribution in [2.75, 3.05) is 11.1 Å². The Bertz CT molecular complexity index is 1060. The number of halogens is 1. The van der Waals surface area contributed by atoms with Gasteiger partial charge < -0.3 is 25.8 Å². The van der Waals surface area contributed by atoms with E-state index in [1.165, 1.54) is 25.1 Å². The summed E-state index contributed by atoms with van der Waals surface area (Å²) >= 11 is 5.79. The molecule has 0 aliphatic heterocycles. The number of H-pyrrole nitrogens is 2. The Hall–Kier alpha value is -3.26. The van der Waals surface area contributed by atoms with Gasteiger partial charge in [0.1, 0.15) is 0 Å². The maximum absolute atomic E-state index is 12.2. The summed E-state index contributed by atoms with van der Waals surface area (Å²) in [5, 5.41) is 3.01. The number of fused-ring (bicyclic) bond motifs is 1. The van der Waals surface area contributed by atoms with E-state index in [0.29, 0.717) is 21.7 Å². The van der Waals surface area contributed by atoms with Gasteiger partial charge >= 0.3 is 11.7 Å². The van der Waals surface area contributed by atoms with Gasteiger partial charge in [0, 0.05) is 16.4 Å². The second kappa shape index (κ2) is 6.93. The Morgan fingerprint density at radius 3 is 2.62 bits per heavy atom. The summed E-state index contributed by atoms with van der Waals surface area (Å²) in [6.07, 6.45) is -1.06. The van der Waals surface area contributed by atoms with E-state index in [9.17, 15) is 14.4 Å². The maximum Gasteiger partial charge on any atom is 0.341 e. The summed E-state index contributed by atoms with van der Waals surface area (Å²) in [4.78, 5) is 40.8. The van der Waals surface area contributed by atoms with Crippen LogP contribution >= 0.6 is 11.6 Å². The molecule has 0 saturated heterocycles. The van der Waals surface area contributed by atoms with Crippen molar-refractivity contribution in [3.63, 3.8) is 0 Å². The maximum atomic E-state index is 12.2. The molecule has 0 aliphatic carbocycles. The van der Waals surface area contributed by atoms with Gasteiger partial charge in [0.25, 0.3) is 5.91 Å². The molecule has 26 heavy (non-hydrogen) atoms. The third kappa shape index (κ3) is 3.70. The molecule has 1 aromatic heterocycles. The summed E-state index contributed by atoms with van der Waals surface area (Å²) < 4.78 is 5.14. The lowest BCUT2D eigenvalue weighted by Gasteiger charge is -2.14. The number of anilines is 2. The van der Waals surface area contributed by atoms with Crippen LogP contribution in [0.4, 0.5) is 11.4 Å². The molecule has 3 aromatic rings. The molecule has 0 spiro atoms. The Morgan fingerprint density at radius 2 is 1.88 bits per heavy atom. The highest BCUT2D eigenvalue weighted by Gasteiger charge is 2.20. The highest BCUT2D eigenvalue weighted by Crippen LogP contribution is 2.20. The smallest absolute Gasteiger partial charge is 0.341 e. The molecule has 0 unspecified atom stereocenters. The van der Waals surface area contributed by atoms with Gasteiger partial charge in [-0.25, -0.2) is 9.59 Å². The standard InChI is InChI=1S/C17H15ClN4O4/c1-8(26-16(24)11-4-2-9(18)6-12(11)19)15(23)20-10-3-5-13-14(7-10)22-17(25)21-13/h2-8H,19H2,1H3,(H,20,23)(H2,21,22,25)/t8-/m1/s1. The zero-order chi connectivity index (χ0) is 18.8. The van der Waals surface area contributed by atoms with Crippen LogP contribution in [0.3, 0.4) is 0 Å². The molecule has 0 bridgehead atoms. The minimum Gasteiger partial charge on any atom is -0.449 e. The Labute approximate surface area is 152 Å². The van der Waals surface area contributed by atoms with Gasteiger partial charge in [0.15, 0.2) is 6.10 Å². The van der Waals surface area contributed by atoms with Crippen LogP contribution in [0.5, 0.6) is 0 Å². The summed E-state index contributed by atoms with van der Waals surface area (Å²) in [6, 6.07) is 9.23. The topological polar surface area (TPSA) is 130 Å². The molecule has 8 nitrogen and oxygen atoms in total. The number of carbonyl (C=O) groups is 2. The lowest BCUT2D eigenvalue weighted by atomic mass is 10.2. The van der Waals surface area contributed by atoms with Crippen molar-refractivity contribution in [3.05, 3.63) is 57.5 Å². The highest BCUT2D eigenvalue weighted by molar-refractivity contribution is 6.31. The molecular weight excluding hydrogens is 360 g/mol. The average molecular weight is 375 g/mol. The van der Waals surface area contributed by atoms with E-state index < -0.39 is 18.0 Å². The van der Waals surface area contributed by atoms with Crippen molar-refractivity contribution >= 4 is 45.9 Å². The van der Waals surface area contributed by atoms with Crippen LogP contribution in [0.1, 0.15) is 17.3 Å². The highest BCUT2D eigenvalue weighted by atomic mass is 35.5. The van der Waals surface area contributed by atoms with Crippen LogP contribution in [0.25, 0.3) is 11.0 Å². The first-order valence-electron chi connectivity index (χ1n) is 7.62. The first-order valence-corrected chi connectivity index (χ1v) is 8.00. The van der Waals surface area contributed by atoms with E-state index in [-0.39, 0.29) is 16.9 Å². The lowest BCUT2D eigenvalue weighted by molar-refractivity contribution is -0.123. The Morgan fingerprint density at radius 1 is 1.15 bits per heavy atom. The zero-order valence-corrected chi connectivity index (χ0v) is 14.4. The van der Waals surface area contributed by atoms with Crippen LogP contribution < -0.4 is 16.7 Å². The van der Waals surface area contributed by atoms with E-state index in [0.717, 1.165) is 0 Å². The van der Waals surface area contributed by atoms with E-state index in [4.69, 9.17) is 22.1 Å². The van der Waals surface area contributed by atoms with E-state index in [1.54, 1.807) is 18.2 Å². The second-order valence-corrected chi connectivity index (χ2v) is 6.04. The number of ether oxygens (including phenoxy) is 1. The molecule has 2 aromatic carbocycles. The number of rotatable bonds is 4. The number of nitrogens with one attached hydrogen (secondary N) is 3. The van der Waals surface area contributed by atoms with E-state index in [2.05, 4.69) is 15.3 Å². The first-order chi connectivity index (χ1) is 12.3. The fraction of sp³-hybridized carbons (Fsp3) is 0.118. The molecular formula is C17H15ClN4O4. The minimum absolute atomic E-state index is 0.125. The number of nitrogens with two attached hydrogens (primary N) is 1. The van der Waals surface area contributed by atoms with Crippen molar-refractivity contribution in [3.8, 4) is 0 Å². The van der Waals surface area contributed by atoms with Gasteiger partial charge in [0.2, 0.25) is 0 Å². The third-order valence-electron chi connectivity index (χ3n) is 3.67. The third-order valence-corrected chi connectivity index (χ3v) is 3.91. The molecule has 1 amide bonds. The molecule has 3 rings (SSSR count). The van der Waals surface area contributed by atoms with Gasteiger partial charge in [-0.1, -0.05) is 11.6 Å². The van der Waals surface area contributed by atoms with Gasteiger partial charge in [-0.2, -0.15) is 0 Å². The molecule has 1 atom stereocenters. The van der Waals surface area contributed by atoms with Crippen LogP contribution in [0, 0.1) is 0 Å². The summed E-state index contributed by atoms with van der Waals surface area (Å²) in [6.45, 7) is 1.44. The number of hydrogen-bond acceptors (Lipinski definition) is 5. The molecule has 1 heterocycles. The molecule has 5 N–H and O–H groups in total. The van der Waals surface area contributed by atoms with Gasteiger partial charge in [-0.05, 0) is 43.3 Å². The number of benzene rings is 2. The minimum atomic E-state index is -1.06. The van der Waals surface area contributed by atoms with Gasteiger partial charge in [-0.3, -0.25) is 4.79 Å². The monoisotopic (exact) mass is 374 g/mol. The molecule has 0 saturated carbocycles. The largest absolute Gasteiger partial charge is 0.449 e. The fourth-order valence-electron chi connectivity index (χ4n) is 2.35. The number of hydrogen-bond donors (Lipinski definition) is 4. The van der Waals surface area contributed by atoms with Crippen molar-refractivity contribution < 1.29 is 14.3 Å². The Kier molecular flexibility index (Phi) is 4.68. The van der Waals surface area contributed by atoms with Crippen molar-refractivity contribution in [2.45, 2.75) is 13.0 Å². The SMILES string of the molecule is C[C@@H](OC(=O)c1ccc(Cl)cc1N)C(=O)Nc1ccc2[nH]c(=O)[nH]c2c1. The number of amides is 1. The van der Waals surface area contributed by atoms with Crippen LogP contribution in [-0.2, 0) is 9.53 Å². The molecule has 0 aliphatic rings. The van der Waals surface area contributed by atoms with Crippen molar-refractivity contribution in [1.29, 1.82) is 0 Å². The number of imidazole rings is 1.